The highest BCUT2D eigenvalue weighted by atomic mass is 79.9. The first kappa shape index (κ1) is 11.0. The van der Waals surface area contributed by atoms with Gasteiger partial charge in [0.2, 0.25) is 5.82 Å². The number of rotatable bonds is 3. The van der Waals surface area contributed by atoms with E-state index in [2.05, 4.69) is 36.6 Å². The molecule has 2 rings (SSSR count). The zero-order valence-corrected chi connectivity index (χ0v) is 9.90. The van der Waals surface area contributed by atoms with Crippen molar-refractivity contribution in [1.29, 1.82) is 0 Å². The lowest BCUT2D eigenvalue weighted by Crippen LogP contribution is -2.06. The lowest BCUT2D eigenvalue weighted by atomic mass is 10.3. The molecule has 0 aliphatic heterocycles. The van der Waals surface area contributed by atoms with Gasteiger partial charge in [0.15, 0.2) is 17.7 Å². The standard InChI is InChI=1S/C9H8BrFN4O/c1-5(9-12-14-15-13-9)16-8-3-2-6(10)4-7(8)11/h2-5H,1H3,(H,12,13,14,15)/t5-/m0/s1. The van der Waals surface area contributed by atoms with Gasteiger partial charge in [-0.1, -0.05) is 21.1 Å². The zero-order chi connectivity index (χ0) is 11.5. The van der Waals surface area contributed by atoms with Crippen LogP contribution < -0.4 is 4.74 Å². The van der Waals surface area contributed by atoms with E-state index in [-0.39, 0.29) is 5.75 Å². The average molecular weight is 287 g/mol. The number of hydrogen-bond acceptors (Lipinski definition) is 4. The molecule has 1 aromatic heterocycles. The third-order valence-corrected chi connectivity index (χ3v) is 2.42. The van der Waals surface area contributed by atoms with Crippen molar-refractivity contribution in [3.05, 3.63) is 34.3 Å². The van der Waals surface area contributed by atoms with Crippen LogP contribution in [0.25, 0.3) is 0 Å². The number of hydrogen-bond donors (Lipinski definition) is 1. The van der Waals surface area contributed by atoms with E-state index in [1.165, 1.54) is 12.1 Å². The molecule has 16 heavy (non-hydrogen) atoms. The molecule has 1 N–H and O–H groups in total. The molecule has 1 heterocycles. The molecule has 1 aromatic carbocycles. The van der Waals surface area contributed by atoms with E-state index in [1.807, 2.05) is 0 Å². The number of nitrogens with zero attached hydrogens (tertiary/aromatic N) is 3. The van der Waals surface area contributed by atoms with E-state index >= 15 is 0 Å². The number of H-pyrrole nitrogens is 1. The molecule has 5 nitrogen and oxygen atoms in total. The van der Waals surface area contributed by atoms with Gasteiger partial charge in [-0.15, -0.1) is 10.2 Å². The summed E-state index contributed by atoms with van der Waals surface area (Å²) in [5.74, 6) is 0.0903. The largest absolute Gasteiger partial charge is 0.480 e. The predicted molar refractivity (Wildman–Crippen MR) is 57.3 cm³/mol. The second-order valence-electron chi connectivity index (χ2n) is 3.10. The number of ether oxygens (including phenoxy) is 1. The van der Waals surface area contributed by atoms with Gasteiger partial charge in [0.1, 0.15) is 0 Å². The van der Waals surface area contributed by atoms with Crippen molar-refractivity contribution < 1.29 is 9.13 Å². The third kappa shape index (κ3) is 2.35. The first-order chi connectivity index (χ1) is 7.66. The minimum atomic E-state index is -0.463. The summed E-state index contributed by atoms with van der Waals surface area (Å²) in [6.07, 6.45) is -0.463. The predicted octanol–water partition coefficient (Wildman–Crippen LogP) is 2.24. The molecule has 0 radical (unpaired) electrons. The Kier molecular flexibility index (Phi) is 3.14. The van der Waals surface area contributed by atoms with Gasteiger partial charge in [-0.25, -0.2) is 4.39 Å². The lowest BCUT2D eigenvalue weighted by Gasteiger charge is -2.11. The van der Waals surface area contributed by atoms with Crippen LogP contribution in [0.5, 0.6) is 5.75 Å². The Balaban J connectivity index is 2.15. The number of nitrogens with one attached hydrogen (secondary N) is 1. The normalized spacial score (nSPS) is 12.4. The van der Waals surface area contributed by atoms with Crippen LogP contribution in [0, 0.1) is 5.82 Å². The molecule has 0 spiro atoms. The summed E-state index contributed by atoms with van der Waals surface area (Å²) >= 11 is 3.17. The maximum Gasteiger partial charge on any atom is 0.214 e. The Morgan fingerprint density at radius 3 is 2.94 bits per heavy atom. The number of halogens is 2. The van der Waals surface area contributed by atoms with Crippen LogP contribution in [0.2, 0.25) is 0 Å². The summed E-state index contributed by atoms with van der Waals surface area (Å²) in [6, 6.07) is 4.57. The van der Waals surface area contributed by atoms with Crippen molar-refractivity contribution in [2.24, 2.45) is 0 Å². The maximum atomic E-state index is 13.4. The minimum absolute atomic E-state index is 0.153. The second-order valence-corrected chi connectivity index (χ2v) is 4.02. The lowest BCUT2D eigenvalue weighted by molar-refractivity contribution is 0.206. The summed E-state index contributed by atoms with van der Waals surface area (Å²) in [5.41, 5.74) is 0. The Morgan fingerprint density at radius 1 is 1.50 bits per heavy atom. The first-order valence-electron chi connectivity index (χ1n) is 4.52. The zero-order valence-electron chi connectivity index (χ0n) is 8.32. The maximum absolute atomic E-state index is 13.4. The molecule has 0 unspecified atom stereocenters. The van der Waals surface area contributed by atoms with Gasteiger partial charge >= 0.3 is 0 Å². The second kappa shape index (κ2) is 4.56. The Labute approximate surface area is 99.1 Å². The van der Waals surface area contributed by atoms with Crippen LogP contribution in [-0.4, -0.2) is 20.6 Å². The molecule has 2 aromatic rings. The van der Waals surface area contributed by atoms with Gasteiger partial charge in [-0.3, -0.25) is 0 Å². The average Bonchev–Trinajstić information content (AvgIpc) is 2.75. The highest BCUT2D eigenvalue weighted by Crippen LogP contribution is 2.25. The summed E-state index contributed by atoms with van der Waals surface area (Å²) in [6.45, 7) is 1.71. The first-order valence-corrected chi connectivity index (χ1v) is 5.31. The molecule has 0 fully saturated rings. The molecule has 7 heteroatoms. The fraction of sp³-hybridized carbons (Fsp3) is 0.222. The summed E-state index contributed by atoms with van der Waals surface area (Å²) < 4.78 is 19.5. The fourth-order valence-corrected chi connectivity index (χ4v) is 1.49. The van der Waals surface area contributed by atoms with Crippen LogP contribution >= 0.6 is 15.9 Å². The van der Waals surface area contributed by atoms with Gasteiger partial charge in [-0.2, -0.15) is 5.21 Å². The monoisotopic (exact) mass is 286 g/mol. The fourth-order valence-electron chi connectivity index (χ4n) is 1.16. The van der Waals surface area contributed by atoms with Crippen LogP contribution in [-0.2, 0) is 0 Å². The quantitative estimate of drug-likeness (QED) is 0.940. The van der Waals surface area contributed by atoms with Gasteiger partial charge < -0.3 is 4.74 Å². The number of aromatic nitrogens is 4. The topological polar surface area (TPSA) is 63.7 Å². The summed E-state index contributed by atoms with van der Waals surface area (Å²) in [5, 5.41) is 13.2. The summed E-state index contributed by atoms with van der Waals surface area (Å²) in [4.78, 5) is 0. The summed E-state index contributed by atoms with van der Waals surface area (Å²) in [7, 11) is 0. The molecule has 0 amide bonds. The Morgan fingerprint density at radius 2 is 2.31 bits per heavy atom. The van der Waals surface area contributed by atoms with E-state index in [9.17, 15) is 4.39 Å². The molecule has 84 valence electrons. The number of aromatic amines is 1. The van der Waals surface area contributed by atoms with Crippen LogP contribution in [0.1, 0.15) is 18.9 Å². The van der Waals surface area contributed by atoms with Crippen molar-refractivity contribution in [1.82, 2.24) is 20.6 Å². The smallest absolute Gasteiger partial charge is 0.214 e. The third-order valence-electron chi connectivity index (χ3n) is 1.92. The number of tetrazole rings is 1. The number of benzene rings is 1. The van der Waals surface area contributed by atoms with Crippen LogP contribution in [0.3, 0.4) is 0 Å². The van der Waals surface area contributed by atoms with Crippen LogP contribution in [0.15, 0.2) is 22.7 Å². The van der Waals surface area contributed by atoms with Gasteiger partial charge in [0.05, 0.1) is 0 Å². The molecular formula is C9H8BrFN4O. The van der Waals surface area contributed by atoms with Crippen molar-refractivity contribution in [2.75, 3.05) is 0 Å². The molecular weight excluding hydrogens is 279 g/mol. The molecule has 0 aliphatic rings. The van der Waals surface area contributed by atoms with Crippen LogP contribution in [0.4, 0.5) is 4.39 Å². The molecule has 0 aliphatic carbocycles. The van der Waals surface area contributed by atoms with E-state index in [0.717, 1.165) is 0 Å². The van der Waals surface area contributed by atoms with Crippen molar-refractivity contribution in [2.45, 2.75) is 13.0 Å². The highest BCUT2D eigenvalue weighted by molar-refractivity contribution is 9.10. The van der Waals surface area contributed by atoms with Gasteiger partial charge in [-0.05, 0) is 25.1 Å². The van der Waals surface area contributed by atoms with E-state index in [4.69, 9.17) is 4.74 Å². The van der Waals surface area contributed by atoms with E-state index in [0.29, 0.717) is 10.3 Å². The van der Waals surface area contributed by atoms with Crippen molar-refractivity contribution in [3.8, 4) is 5.75 Å². The van der Waals surface area contributed by atoms with Crippen molar-refractivity contribution in [3.63, 3.8) is 0 Å². The van der Waals surface area contributed by atoms with E-state index < -0.39 is 11.9 Å². The highest BCUT2D eigenvalue weighted by Gasteiger charge is 2.14. The van der Waals surface area contributed by atoms with Gasteiger partial charge in [0.25, 0.3) is 0 Å². The Bertz CT molecular complexity index is 476. The molecule has 0 saturated carbocycles. The Hall–Kier alpha value is -1.50. The SMILES string of the molecule is C[C@H](Oc1ccc(Br)cc1F)c1nn[nH]n1. The minimum Gasteiger partial charge on any atom is -0.480 e. The molecule has 0 bridgehead atoms. The molecule has 1 atom stereocenters. The van der Waals surface area contributed by atoms with E-state index in [1.54, 1.807) is 13.0 Å². The van der Waals surface area contributed by atoms with Gasteiger partial charge in [0, 0.05) is 4.47 Å². The van der Waals surface area contributed by atoms with Crippen molar-refractivity contribution >= 4 is 15.9 Å². The molecule has 0 saturated heterocycles.